The highest BCUT2D eigenvalue weighted by Crippen LogP contribution is 2.34. The smallest absolute Gasteiger partial charge is 0.160 e. The number of hydrogen-bond donors (Lipinski definition) is 0. The fourth-order valence-corrected chi connectivity index (χ4v) is 6.42. The second-order valence-corrected chi connectivity index (χ2v) is 11.9. The maximum absolute atomic E-state index is 5.20. The summed E-state index contributed by atoms with van der Waals surface area (Å²) >= 11 is 0. The molecule has 0 radical (unpaired) electrons. The molecule has 0 spiro atoms. The van der Waals surface area contributed by atoms with Gasteiger partial charge in [0.2, 0.25) is 0 Å². The van der Waals surface area contributed by atoms with Crippen molar-refractivity contribution in [3.8, 4) is 56.3 Å². The van der Waals surface area contributed by atoms with E-state index in [0.29, 0.717) is 5.82 Å². The molecule has 0 N–H and O–H groups in total. The molecule has 9 aromatic rings. The van der Waals surface area contributed by atoms with Crippen LogP contribution in [0.3, 0.4) is 0 Å². The Kier molecular flexibility index (Phi) is 6.76. The summed E-state index contributed by atoms with van der Waals surface area (Å²) in [6.07, 6.45) is 0. The molecule has 0 saturated heterocycles. The van der Waals surface area contributed by atoms with Gasteiger partial charge in [0.25, 0.3) is 0 Å². The van der Waals surface area contributed by atoms with Gasteiger partial charge in [-0.25, -0.2) is 19.9 Å². The van der Waals surface area contributed by atoms with E-state index in [2.05, 4.69) is 133 Å². The van der Waals surface area contributed by atoms with Gasteiger partial charge in [0.15, 0.2) is 5.82 Å². The summed E-state index contributed by atoms with van der Waals surface area (Å²) in [5, 5.41) is 3.14. The zero-order chi connectivity index (χ0) is 31.9. The van der Waals surface area contributed by atoms with Crippen LogP contribution >= 0.6 is 0 Å². The molecule has 4 heteroatoms. The molecule has 3 heterocycles. The minimum absolute atomic E-state index is 0.677. The zero-order valence-electron chi connectivity index (χ0n) is 26.0. The van der Waals surface area contributed by atoms with E-state index < -0.39 is 0 Å². The van der Waals surface area contributed by atoms with Crippen LogP contribution in [0.5, 0.6) is 0 Å². The Morgan fingerprint density at radius 2 is 0.833 bits per heavy atom. The largest absolute Gasteiger partial charge is 0.245 e. The van der Waals surface area contributed by atoms with E-state index in [4.69, 9.17) is 19.9 Å². The summed E-state index contributed by atoms with van der Waals surface area (Å²) in [6.45, 7) is 0. The quantitative estimate of drug-likeness (QED) is 0.181. The molecule has 4 nitrogen and oxygen atoms in total. The molecule has 0 aliphatic carbocycles. The highest BCUT2D eigenvalue weighted by Gasteiger charge is 2.14. The van der Waals surface area contributed by atoms with Crippen molar-refractivity contribution in [2.75, 3.05) is 0 Å². The molecule has 48 heavy (non-hydrogen) atoms. The van der Waals surface area contributed by atoms with E-state index in [0.717, 1.165) is 77.6 Å². The van der Waals surface area contributed by atoms with Crippen molar-refractivity contribution >= 4 is 32.7 Å². The third kappa shape index (κ3) is 5.06. The lowest BCUT2D eigenvalue weighted by Gasteiger charge is -2.12. The van der Waals surface area contributed by atoms with Crippen LogP contribution in [0.1, 0.15) is 0 Å². The number of rotatable bonds is 5. The summed E-state index contributed by atoms with van der Waals surface area (Å²) < 4.78 is 0. The van der Waals surface area contributed by atoms with Crippen LogP contribution in [0.2, 0.25) is 0 Å². The lowest BCUT2D eigenvalue weighted by molar-refractivity contribution is 1.23. The first-order valence-electron chi connectivity index (χ1n) is 16.1. The summed E-state index contributed by atoms with van der Waals surface area (Å²) in [6, 6.07) is 58.5. The van der Waals surface area contributed by atoms with E-state index in [9.17, 15) is 0 Å². The van der Waals surface area contributed by atoms with Crippen LogP contribution in [0.15, 0.2) is 170 Å². The van der Waals surface area contributed by atoms with Crippen LogP contribution in [0, 0.1) is 0 Å². The van der Waals surface area contributed by atoms with Gasteiger partial charge in [-0.3, -0.25) is 0 Å². The number of hydrogen-bond acceptors (Lipinski definition) is 4. The molecular formula is C44H28N4. The average molecular weight is 613 g/mol. The molecule has 3 aromatic heterocycles. The van der Waals surface area contributed by atoms with Crippen molar-refractivity contribution in [3.63, 3.8) is 0 Å². The summed E-state index contributed by atoms with van der Waals surface area (Å²) in [4.78, 5) is 20.5. The number of pyridine rings is 2. The van der Waals surface area contributed by atoms with Gasteiger partial charge in [-0.15, -0.1) is 0 Å². The van der Waals surface area contributed by atoms with Crippen LogP contribution in [-0.4, -0.2) is 19.9 Å². The van der Waals surface area contributed by atoms with Crippen LogP contribution in [0.25, 0.3) is 89.0 Å². The summed E-state index contributed by atoms with van der Waals surface area (Å²) in [7, 11) is 0. The molecule has 224 valence electrons. The van der Waals surface area contributed by atoms with Crippen molar-refractivity contribution < 1.29 is 0 Å². The molecule has 0 saturated carbocycles. The maximum atomic E-state index is 5.20. The van der Waals surface area contributed by atoms with Crippen LogP contribution in [0.4, 0.5) is 0 Å². The SMILES string of the molecule is c1ccc(-c2cccc(-c3nc(-c4cccc(-c5ccc6ccc7ccc(-c8ccccc8)nc7c6n5)c4)nc4ccccc34)c2)cc1. The van der Waals surface area contributed by atoms with Gasteiger partial charge in [0, 0.05) is 38.4 Å². The number of nitrogens with zero attached hydrogens (tertiary/aromatic N) is 4. The number of para-hydroxylation sites is 1. The number of fused-ring (bicyclic) bond motifs is 4. The third-order valence-electron chi connectivity index (χ3n) is 8.85. The minimum atomic E-state index is 0.677. The summed E-state index contributed by atoms with van der Waals surface area (Å²) in [5.74, 6) is 0.677. The Hall–Kier alpha value is -6.52. The molecule has 0 amide bonds. The first-order chi connectivity index (χ1) is 23.8. The first-order valence-corrected chi connectivity index (χ1v) is 16.1. The van der Waals surface area contributed by atoms with Gasteiger partial charge in [0.05, 0.1) is 33.6 Å². The third-order valence-corrected chi connectivity index (χ3v) is 8.85. The van der Waals surface area contributed by atoms with E-state index in [1.807, 2.05) is 36.4 Å². The second-order valence-electron chi connectivity index (χ2n) is 11.9. The highest BCUT2D eigenvalue weighted by molar-refractivity contribution is 6.04. The summed E-state index contributed by atoms with van der Waals surface area (Å²) in [5.41, 5.74) is 11.8. The van der Waals surface area contributed by atoms with Crippen LogP contribution in [-0.2, 0) is 0 Å². The molecule has 0 fully saturated rings. The van der Waals surface area contributed by atoms with Crippen LogP contribution < -0.4 is 0 Å². The van der Waals surface area contributed by atoms with Gasteiger partial charge >= 0.3 is 0 Å². The van der Waals surface area contributed by atoms with Crippen molar-refractivity contribution in [2.45, 2.75) is 0 Å². The number of aromatic nitrogens is 4. The molecular weight excluding hydrogens is 585 g/mol. The Labute approximate surface area is 278 Å². The van der Waals surface area contributed by atoms with Gasteiger partial charge in [-0.2, -0.15) is 0 Å². The molecule has 9 rings (SSSR count). The lowest BCUT2D eigenvalue weighted by Crippen LogP contribution is -1.96. The molecule has 0 aliphatic heterocycles. The van der Waals surface area contributed by atoms with E-state index in [1.165, 1.54) is 5.56 Å². The fourth-order valence-electron chi connectivity index (χ4n) is 6.42. The van der Waals surface area contributed by atoms with Gasteiger partial charge in [-0.1, -0.05) is 140 Å². The normalized spacial score (nSPS) is 11.3. The zero-order valence-corrected chi connectivity index (χ0v) is 26.0. The molecule has 0 aliphatic rings. The monoisotopic (exact) mass is 612 g/mol. The molecule has 6 aromatic carbocycles. The fraction of sp³-hybridized carbons (Fsp3) is 0. The minimum Gasteiger partial charge on any atom is -0.245 e. The second kappa shape index (κ2) is 11.7. The van der Waals surface area contributed by atoms with Crippen molar-refractivity contribution in [1.82, 2.24) is 19.9 Å². The molecule has 0 bridgehead atoms. The van der Waals surface area contributed by atoms with Crippen molar-refractivity contribution in [3.05, 3.63) is 170 Å². The Balaban J connectivity index is 1.15. The van der Waals surface area contributed by atoms with Gasteiger partial charge < -0.3 is 0 Å². The average Bonchev–Trinajstić information content (AvgIpc) is 3.18. The Morgan fingerprint density at radius 1 is 0.312 bits per heavy atom. The predicted octanol–water partition coefficient (Wildman–Crippen LogP) is 11.1. The molecule has 0 unspecified atom stereocenters. The van der Waals surface area contributed by atoms with E-state index in [1.54, 1.807) is 0 Å². The Bertz CT molecular complexity index is 2610. The first kappa shape index (κ1) is 27.8. The standard InChI is InChI=1S/C44H28N4/c1-3-11-29(12-4-1)33-15-9-17-35(27-33)41-37-19-7-8-20-40(37)47-44(48-41)36-18-10-16-34(28-36)39-26-24-32-22-21-31-23-25-38(30-13-5-2-6-14-30)45-42(31)43(32)46-39/h1-28H. The van der Waals surface area contributed by atoms with E-state index in [-0.39, 0.29) is 0 Å². The maximum Gasteiger partial charge on any atom is 0.160 e. The van der Waals surface area contributed by atoms with Gasteiger partial charge in [0.1, 0.15) is 0 Å². The van der Waals surface area contributed by atoms with Crippen molar-refractivity contribution in [1.29, 1.82) is 0 Å². The van der Waals surface area contributed by atoms with Gasteiger partial charge in [-0.05, 0) is 41.5 Å². The van der Waals surface area contributed by atoms with E-state index >= 15 is 0 Å². The lowest BCUT2D eigenvalue weighted by atomic mass is 9.99. The topological polar surface area (TPSA) is 51.6 Å². The number of benzene rings is 6. The Morgan fingerprint density at radius 3 is 1.56 bits per heavy atom. The highest BCUT2D eigenvalue weighted by atomic mass is 14.9. The molecule has 0 atom stereocenters. The predicted molar refractivity (Wildman–Crippen MR) is 197 cm³/mol. The van der Waals surface area contributed by atoms with Crippen molar-refractivity contribution in [2.24, 2.45) is 0 Å².